The van der Waals surface area contributed by atoms with E-state index in [1.165, 1.54) is 6.42 Å². The highest BCUT2D eigenvalue weighted by Gasteiger charge is 2.72. The molecule has 9 nitrogen and oxygen atoms in total. The lowest BCUT2D eigenvalue weighted by Crippen LogP contribution is -2.56. The largest absolute Gasteiger partial charge is 0.359 e. The predicted molar refractivity (Wildman–Crippen MR) is 163 cm³/mol. The van der Waals surface area contributed by atoms with Gasteiger partial charge in [-0.1, -0.05) is 61.5 Å². The Morgan fingerprint density at radius 1 is 0.976 bits per heavy atom. The van der Waals surface area contributed by atoms with Gasteiger partial charge in [0.05, 0.1) is 17.9 Å². The second-order valence-corrected chi connectivity index (χ2v) is 13.2. The number of benzene rings is 1. The van der Waals surface area contributed by atoms with Gasteiger partial charge in [-0.25, -0.2) is 0 Å². The Balaban J connectivity index is 1.21. The molecular weight excluding hydrogens is 577 g/mol. The van der Waals surface area contributed by atoms with Gasteiger partial charge >= 0.3 is 0 Å². The Bertz CT molecular complexity index is 1210. The summed E-state index contributed by atoms with van der Waals surface area (Å²) in [5, 5.41) is 6.95. The topological polar surface area (TPSA) is 94.2 Å². The monoisotopic (exact) mass is 617 g/mol. The molecule has 1 aromatic rings. The van der Waals surface area contributed by atoms with Gasteiger partial charge in [0.25, 0.3) is 0 Å². The van der Waals surface area contributed by atoms with E-state index in [1.807, 2.05) is 12.2 Å². The third-order valence-corrected chi connectivity index (χ3v) is 10.2. The van der Waals surface area contributed by atoms with Gasteiger partial charge in [-0.3, -0.25) is 14.4 Å². The van der Waals surface area contributed by atoms with Crippen LogP contribution >= 0.6 is 23.2 Å². The van der Waals surface area contributed by atoms with Crippen molar-refractivity contribution in [1.82, 2.24) is 20.0 Å². The Morgan fingerprint density at radius 3 is 2.36 bits per heavy atom. The zero-order valence-corrected chi connectivity index (χ0v) is 25.7. The normalized spacial score (nSPS) is 31.5. The maximum absolute atomic E-state index is 14.2. The summed E-state index contributed by atoms with van der Waals surface area (Å²) in [6.07, 6.45) is 9.12. The van der Waals surface area contributed by atoms with Gasteiger partial charge < -0.3 is 30.1 Å². The van der Waals surface area contributed by atoms with Gasteiger partial charge in [0.1, 0.15) is 11.6 Å². The number of carbonyl (C=O) groups excluding carboxylic acids is 3. The van der Waals surface area contributed by atoms with Gasteiger partial charge in [0, 0.05) is 54.5 Å². The summed E-state index contributed by atoms with van der Waals surface area (Å²) in [6.45, 7) is 8.64. The highest BCUT2D eigenvalue weighted by Crippen LogP contribution is 2.55. The molecule has 5 atom stereocenters. The fourth-order valence-corrected chi connectivity index (χ4v) is 8.21. The molecule has 42 heavy (non-hydrogen) atoms. The molecule has 11 heteroatoms. The lowest BCUT2D eigenvalue weighted by Gasteiger charge is -2.36. The van der Waals surface area contributed by atoms with Crippen molar-refractivity contribution in [3.63, 3.8) is 0 Å². The number of carbonyl (C=O) groups is 3. The van der Waals surface area contributed by atoms with Crippen molar-refractivity contribution in [2.45, 2.75) is 69.2 Å². The number of ether oxygens (including phenoxy) is 1. The number of likely N-dealkylation sites (N-methyl/N-ethyl adjacent to an activating group) is 1. The van der Waals surface area contributed by atoms with E-state index in [2.05, 4.69) is 27.4 Å². The van der Waals surface area contributed by atoms with Crippen LogP contribution < -0.4 is 10.6 Å². The van der Waals surface area contributed by atoms with E-state index in [0.29, 0.717) is 22.3 Å². The Kier molecular flexibility index (Phi) is 8.85. The van der Waals surface area contributed by atoms with Gasteiger partial charge in [0.2, 0.25) is 17.7 Å². The molecule has 228 valence electrons. The minimum Gasteiger partial charge on any atom is -0.359 e. The summed E-state index contributed by atoms with van der Waals surface area (Å²) in [7, 11) is 0. The van der Waals surface area contributed by atoms with Crippen LogP contribution in [0.15, 0.2) is 30.4 Å². The maximum atomic E-state index is 14.2. The van der Waals surface area contributed by atoms with E-state index in [4.69, 9.17) is 27.9 Å². The summed E-state index contributed by atoms with van der Waals surface area (Å²) in [5.41, 5.74) is -0.711. The molecule has 3 amide bonds. The van der Waals surface area contributed by atoms with Crippen molar-refractivity contribution in [3.05, 3.63) is 40.4 Å². The van der Waals surface area contributed by atoms with Crippen LogP contribution in [-0.4, -0.2) is 102 Å². The fourth-order valence-electron chi connectivity index (χ4n) is 7.68. The number of piperazine rings is 1. The van der Waals surface area contributed by atoms with Gasteiger partial charge in [0.15, 0.2) is 0 Å². The van der Waals surface area contributed by atoms with Gasteiger partial charge in [-0.15, -0.1) is 0 Å². The van der Waals surface area contributed by atoms with Crippen molar-refractivity contribution in [2.24, 2.45) is 11.8 Å². The first-order valence-corrected chi connectivity index (χ1v) is 16.2. The molecule has 0 radical (unpaired) electrons. The number of amides is 3. The van der Waals surface area contributed by atoms with Crippen molar-refractivity contribution < 1.29 is 19.1 Å². The molecule has 1 aromatic carbocycles. The van der Waals surface area contributed by atoms with Crippen molar-refractivity contribution in [2.75, 3.05) is 51.1 Å². The minimum absolute atomic E-state index is 0.0998. The molecule has 3 saturated heterocycles. The van der Waals surface area contributed by atoms with Crippen LogP contribution in [0.25, 0.3) is 0 Å². The molecular formula is C31H41Cl2N5O4. The zero-order chi connectivity index (χ0) is 29.4. The van der Waals surface area contributed by atoms with E-state index >= 15 is 0 Å². The van der Waals surface area contributed by atoms with Crippen LogP contribution in [0.5, 0.6) is 0 Å². The number of fused-ring (bicyclic) bond motifs is 1. The number of anilines is 1. The standard InChI is InChI=1S/C31H41Cl2N5O4/c1-2-36-13-15-37(16-14-36)11-6-12-38-27(29(40)34-22-7-4-3-5-8-22)31-10-9-24(42-31)25(26(31)30(38)41)28(39)35-23-18-20(32)17-21(33)19-23/h9-10,17-19,22,24-27H,2-8,11-16H2,1H3,(H,34,40)(H,35,39)/t24-,25+,26-,27+,31+/m1/s1. The number of hydrogen-bond donors (Lipinski definition) is 2. The van der Waals surface area contributed by atoms with Crippen LogP contribution in [0.2, 0.25) is 10.0 Å². The van der Waals surface area contributed by atoms with E-state index in [1.54, 1.807) is 23.1 Å². The maximum Gasteiger partial charge on any atom is 0.246 e. The molecule has 1 saturated carbocycles. The second-order valence-electron chi connectivity index (χ2n) is 12.4. The van der Waals surface area contributed by atoms with Crippen LogP contribution in [0, 0.1) is 11.8 Å². The molecule has 6 rings (SSSR count). The summed E-state index contributed by atoms with van der Waals surface area (Å²) in [4.78, 5) is 48.5. The molecule has 0 aromatic heterocycles. The molecule has 4 aliphatic heterocycles. The van der Waals surface area contributed by atoms with Crippen molar-refractivity contribution >= 4 is 46.6 Å². The third-order valence-electron chi connectivity index (χ3n) is 9.79. The van der Waals surface area contributed by atoms with E-state index in [9.17, 15) is 14.4 Å². The number of nitrogens with one attached hydrogen (secondary N) is 2. The molecule has 1 aliphatic carbocycles. The van der Waals surface area contributed by atoms with Crippen LogP contribution in [0.3, 0.4) is 0 Å². The molecule has 0 unspecified atom stereocenters. The van der Waals surface area contributed by atoms with E-state index in [0.717, 1.165) is 71.4 Å². The third kappa shape index (κ3) is 5.71. The first-order chi connectivity index (χ1) is 20.3. The SMILES string of the molecule is CCN1CCN(CCCN2C(=O)[C@H]3[C@@H](C(=O)Nc4cc(Cl)cc(Cl)c4)[C@H]4C=C[C@@]3(O4)[C@@H]2C(=O)NC2CCCCC2)CC1. The number of halogens is 2. The minimum atomic E-state index is -1.17. The van der Waals surface area contributed by atoms with Crippen LogP contribution in [-0.2, 0) is 19.1 Å². The molecule has 4 heterocycles. The quantitative estimate of drug-likeness (QED) is 0.412. The molecule has 4 fully saturated rings. The summed E-state index contributed by atoms with van der Waals surface area (Å²) in [6, 6.07) is 4.12. The molecule has 1 spiro atoms. The second kappa shape index (κ2) is 12.4. The molecule has 2 bridgehead atoms. The molecule has 2 N–H and O–H groups in total. The number of rotatable bonds is 9. The lowest BCUT2D eigenvalue weighted by molar-refractivity contribution is -0.141. The van der Waals surface area contributed by atoms with E-state index < -0.39 is 29.6 Å². The first kappa shape index (κ1) is 29.9. The lowest BCUT2D eigenvalue weighted by atomic mass is 9.74. The highest BCUT2D eigenvalue weighted by molar-refractivity contribution is 6.35. The number of hydrogen-bond acceptors (Lipinski definition) is 6. The summed E-state index contributed by atoms with van der Waals surface area (Å²) < 4.78 is 6.48. The Hall–Kier alpha value is -2.17. The zero-order valence-electron chi connectivity index (χ0n) is 24.2. The predicted octanol–water partition coefficient (Wildman–Crippen LogP) is 3.56. The Labute approximate surface area is 257 Å². The smallest absolute Gasteiger partial charge is 0.246 e. The summed E-state index contributed by atoms with van der Waals surface area (Å²) in [5.74, 6) is -2.26. The highest BCUT2D eigenvalue weighted by atomic mass is 35.5. The first-order valence-electron chi connectivity index (χ1n) is 15.5. The van der Waals surface area contributed by atoms with Crippen LogP contribution in [0.4, 0.5) is 5.69 Å². The molecule has 5 aliphatic rings. The van der Waals surface area contributed by atoms with Gasteiger partial charge in [-0.05, 0) is 50.6 Å². The number of likely N-dealkylation sites (tertiary alicyclic amines) is 1. The fraction of sp³-hybridized carbons (Fsp3) is 0.645. The Morgan fingerprint density at radius 2 is 1.67 bits per heavy atom. The van der Waals surface area contributed by atoms with Gasteiger partial charge in [-0.2, -0.15) is 0 Å². The summed E-state index contributed by atoms with van der Waals surface area (Å²) >= 11 is 12.3. The average Bonchev–Trinajstić information content (AvgIpc) is 3.61. The van der Waals surface area contributed by atoms with Crippen molar-refractivity contribution in [1.29, 1.82) is 0 Å². The number of nitrogens with zero attached hydrogens (tertiary/aromatic N) is 3. The average molecular weight is 619 g/mol. The van der Waals surface area contributed by atoms with Crippen molar-refractivity contribution in [3.8, 4) is 0 Å². The van der Waals surface area contributed by atoms with E-state index in [-0.39, 0.29) is 23.8 Å². The van der Waals surface area contributed by atoms with Crippen LogP contribution in [0.1, 0.15) is 45.4 Å².